The number of hydrogen-bond acceptors (Lipinski definition) is 2. The molecule has 5 heteroatoms. The topological polar surface area (TPSA) is 59.4 Å². The first-order chi connectivity index (χ1) is 11.2. The molecule has 1 aliphatic heterocycles. The molecular weight excluding hydrogens is 286 g/mol. The van der Waals surface area contributed by atoms with Gasteiger partial charge in [-0.3, -0.25) is 4.68 Å². The van der Waals surface area contributed by atoms with Gasteiger partial charge in [-0.1, -0.05) is 43.2 Å². The summed E-state index contributed by atoms with van der Waals surface area (Å²) in [6.07, 6.45) is 7.04. The molecule has 2 N–H and O–H groups in total. The van der Waals surface area contributed by atoms with Crippen molar-refractivity contribution in [3.63, 3.8) is 0 Å². The van der Waals surface area contributed by atoms with Crippen LogP contribution in [0, 0.1) is 0 Å². The fourth-order valence-corrected chi connectivity index (χ4v) is 3.06. The van der Waals surface area contributed by atoms with Gasteiger partial charge in [0, 0.05) is 37.5 Å². The summed E-state index contributed by atoms with van der Waals surface area (Å²) in [4.78, 5) is 6.84. The molecule has 0 radical (unpaired) electrons. The summed E-state index contributed by atoms with van der Waals surface area (Å²) in [6, 6.07) is 10.2. The van der Waals surface area contributed by atoms with Crippen LogP contribution in [0.1, 0.15) is 31.2 Å². The zero-order valence-corrected chi connectivity index (χ0v) is 13.8. The quantitative estimate of drug-likeness (QED) is 0.700. The smallest absolute Gasteiger partial charge is 0.191 e. The van der Waals surface area contributed by atoms with E-state index in [0.717, 1.165) is 29.9 Å². The number of nitrogens with zero attached hydrogens (tertiary/aromatic N) is 4. The third kappa shape index (κ3) is 3.92. The third-order valence-electron chi connectivity index (χ3n) is 4.29. The first-order valence-corrected chi connectivity index (χ1v) is 8.37. The summed E-state index contributed by atoms with van der Waals surface area (Å²) in [7, 11) is 1.94. The molecule has 2 heterocycles. The minimum Gasteiger partial charge on any atom is -0.370 e. The highest BCUT2D eigenvalue weighted by atomic mass is 15.3. The number of rotatable bonds is 3. The summed E-state index contributed by atoms with van der Waals surface area (Å²) >= 11 is 0. The van der Waals surface area contributed by atoms with Crippen molar-refractivity contribution in [1.82, 2.24) is 14.7 Å². The van der Waals surface area contributed by atoms with E-state index in [4.69, 9.17) is 5.73 Å². The highest BCUT2D eigenvalue weighted by molar-refractivity contribution is 5.78. The predicted octanol–water partition coefficient (Wildman–Crippen LogP) is 2.78. The standard InChI is InChI=1S/C18H25N5/c1-22-14-16(17(21-22)15-9-5-4-6-10-15)13-20-18(19)23-11-7-2-3-8-12-23/h4-6,9-10,14H,2-3,7-8,11-13H2,1H3,(H2,19,20). The Labute approximate surface area is 137 Å². The minimum atomic E-state index is 0.570. The van der Waals surface area contributed by atoms with Crippen LogP contribution in [-0.2, 0) is 13.6 Å². The SMILES string of the molecule is Cn1cc(CN=C(N)N2CCCCCC2)c(-c2ccccc2)n1. The molecule has 5 nitrogen and oxygen atoms in total. The molecule has 0 saturated carbocycles. The molecule has 0 bridgehead atoms. The largest absolute Gasteiger partial charge is 0.370 e. The Hall–Kier alpha value is -2.30. The van der Waals surface area contributed by atoms with Gasteiger partial charge in [-0.2, -0.15) is 5.10 Å². The van der Waals surface area contributed by atoms with E-state index in [0.29, 0.717) is 12.5 Å². The Kier molecular flexibility index (Phi) is 4.95. The normalized spacial score (nSPS) is 16.4. The van der Waals surface area contributed by atoms with Crippen molar-refractivity contribution in [2.45, 2.75) is 32.2 Å². The molecule has 0 amide bonds. The van der Waals surface area contributed by atoms with E-state index in [-0.39, 0.29) is 0 Å². The van der Waals surface area contributed by atoms with Crippen LogP contribution in [0.4, 0.5) is 0 Å². The number of hydrogen-bond donors (Lipinski definition) is 1. The third-order valence-corrected chi connectivity index (χ3v) is 4.29. The second kappa shape index (κ2) is 7.31. The lowest BCUT2D eigenvalue weighted by Crippen LogP contribution is -2.38. The Balaban J connectivity index is 1.76. The fraction of sp³-hybridized carbons (Fsp3) is 0.444. The number of aliphatic imine (C=N–C) groups is 1. The maximum Gasteiger partial charge on any atom is 0.191 e. The maximum atomic E-state index is 6.21. The summed E-state index contributed by atoms with van der Waals surface area (Å²) < 4.78 is 1.84. The van der Waals surface area contributed by atoms with Gasteiger partial charge in [-0.25, -0.2) is 4.99 Å². The van der Waals surface area contributed by atoms with Gasteiger partial charge >= 0.3 is 0 Å². The molecule has 1 aliphatic rings. The van der Waals surface area contributed by atoms with Crippen molar-refractivity contribution in [3.8, 4) is 11.3 Å². The number of aryl methyl sites for hydroxylation is 1. The van der Waals surface area contributed by atoms with E-state index >= 15 is 0 Å². The Morgan fingerprint density at radius 3 is 2.52 bits per heavy atom. The second-order valence-corrected chi connectivity index (χ2v) is 6.12. The van der Waals surface area contributed by atoms with E-state index < -0.39 is 0 Å². The van der Waals surface area contributed by atoms with Crippen LogP contribution in [0.5, 0.6) is 0 Å². The molecule has 0 spiro atoms. The lowest BCUT2D eigenvalue weighted by atomic mass is 10.1. The molecule has 1 aromatic heterocycles. The first-order valence-electron chi connectivity index (χ1n) is 8.37. The molecule has 1 aromatic carbocycles. The van der Waals surface area contributed by atoms with E-state index in [2.05, 4.69) is 27.1 Å². The molecule has 122 valence electrons. The van der Waals surface area contributed by atoms with Crippen molar-refractivity contribution >= 4 is 5.96 Å². The van der Waals surface area contributed by atoms with Crippen LogP contribution in [-0.4, -0.2) is 33.7 Å². The molecule has 0 unspecified atom stereocenters. The van der Waals surface area contributed by atoms with Crippen LogP contribution in [0.3, 0.4) is 0 Å². The molecule has 23 heavy (non-hydrogen) atoms. The summed E-state index contributed by atoms with van der Waals surface area (Å²) in [5.41, 5.74) is 9.42. The summed E-state index contributed by atoms with van der Waals surface area (Å²) in [5, 5.41) is 4.58. The Bertz CT molecular complexity index is 651. The molecule has 3 rings (SSSR count). The van der Waals surface area contributed by atoms with Crippen LogP contribution in [0.15, 0.2) is 41.5 Å². The van der Waals surface area contributed by atoms with Crippen molar-refractivity contribution in [2.75, 3.05) is 13.1 Å². The molecule has 0 aliphatic carbocycles. The molecular formula is C18H25N5. The van der Waals surface area contributed by atoms with Crippen molar-refractivity contribution in [2.24, 2.45) is 17.8 Å². The molecule has 1 saturated heterocycles. The average molecular weight is 311 g/mol. The van der Waals surface area contributed by atoms with Gasteiger partial charge in [-0.05, 0) is 12.8 Å². The fourth-order valence-electron chi connectivity index (χ4n) is 3.06. The van der Waals surface area contributed by atoms with Crippen molar-refractivity contribution < 1.29 is 0 Å². The van der Waals surface area contributed by atoms with Gasteiger partial charge in [0.2, 0.25) is 0 Å². The zero-order valence-electron chi connectivity index (χ0n) is 13.8. The number of guanidine groups is 1. The Morgan fingerprint density at radius 2 is 1.83 bits per heavy atom. The van der Waals surface area contributed by atoms with Crippen LogP contribution >= 0.6 is 0 Å². The second-order valence-electron chi connectivity index (χ2n) is 6.12. The van der Waals surface area contributed by atoms with Gasteiger partial charge < -0.3 is 10.6 Å². The number of likely N-dealkylation sites (tertiary alicyclic amines) is 1. The van der Waals surface area contributed by atoms with Gasteiger partial charge in [0.1, 0.15) is 0 Å². The number of aromatic nitrogens is 2. The van der Waals surface area contributed by atoms with Crippen LogP contribution < -0.4 is 5.73 Å². The van der Waals surface area contributed by atoms with E-state index in [1.165, 1.54) is 25.7 Å². The molecule has 2 aromatic rings. The van der Waals surface area contributed by atoms with Gasteiger partial charge in [0.25, 0.3) is 0 Å². The highest BCUT2D eigenvalue weighted by Crippen LogP contribution is 2.22. The van der Waals surface area contributed by atoms with E-state index in [1.54, 1.807) is 0 Å². The lowest BCUT2D eigenvalue weighted by Gasteiger charge is -2.21. The number of nitrogens with two attached hydrogens (primary N) is 1. The maximum absolute atomic E-state index is 6.21. The summed E-state index contributed by atoms with van der Waals surface area (Å²) in [6.45, 7) is 2.61. The zero-order chi connectivity index (χ0) is 16.1. The lowest BCUT2D eigenvalue weighted by molar-refractivity contribution is 0.428. The van der Waals surface area contributed by atoms with E-state index in [9.17, 15) is 0 Å². The number of benzene rings is 1. The highest BCUT2D eigenvalue weighted by Gasteiger charge is 2.13. The van der Waals surface area contributed by atoms with Crippen LogP contribution in [0.25, 0.3) is 11.3 Å². The summed E-state index contributed by atoms with van der Waals surface area (Å²) in [5.74, 6) is 0.662. The predicted molar refractivity (Wildman–Crippen MR) is 94.0 cm³/mol. The van der Waals surface area contributed by atoms with Gasteiger partial charge in [0.15, 0.2) is 5.96 Å². The van der Waals surface area contributed by atoms with Crippen molar-refractivity contribution in [1.29, 1.82) is 0 Å². The van der Waals surface area contributed by atoms with Crippen molar-refractivity contribution in [3.05, 3.63) is 42.1 Å². The van der Waals surface area contributed by atoms with E-state index in [1.807, 2.05) is 36.1 Å². The average Bonchev–Trinajstić information content (AvgIpc) is 2.77. The monoisotopic (exact) mass is 311 g/mol. The molecule has 0 atom stereocenters. The minimum absolute atomic E-state index is 0.570. The first kappa shape index (κ1) is 15.6. The Morgan fingerprint density at radius 1 is 1.13 bits per heavy atom. The van der Waals surface area contributed by atoms with Gasteiger partial charge in [0.05, 0.1) is 12.2 Å². The van der Waals surface area contributed by atoms with Crippen LogP contribution in [0.2, 0.25) is 0 Å². The van der Waals surface area contributed by atoms with Gasteiger partial charge in [-0.15, -0.1) is 0 Å². The molecule has 1 fully saturated rings.